The van der Waals surface area contributed by atoms with Crippen LogP contribution in [0, 0.1) is 17.2 Å². The van der Waals surface area contributed by atoms with Crippen LogP contribution in [0.1, 0.15) is 29.3 Å². The number of Topliss-reactive ketones (excluding diaryl/α,β-unsaturated/α-hetero) is 1. The van der Waals surface area contributed by atoms with E-state index in [0.717, 1.165) is 18.4 Å². The van der Waals surface area contributed by atoms with Gasteiger partial charge in [-0.3, -0.25) is 9.59 Å². The van der Waals surface area contributed by atoms with Crippen molar-refractivity contribution < 1.29 is 9.59 Å². The first-order valence-corrected chi connectivity index (χ1v) is 6.55. The summed E-state index contributed by atoms with van der Waals surface area (Å²) in [5.74, 6) is -2.38. The third-order valence-corrected chi connectivity index (χ3v) is 2.85. The first-order chi connectivity index (χ1) is 9.63. The number of nitrogens with zero attached hydrogens (tertiary/aromatic N) is 1. The van der Waals surface area contributed by atoms with Gasteiger partial charge in [0.25, 0.3) is 0 Å². The van der Waals surface area contributed by atoms with Gasteiger partial charge in [-0.15, -0.1) is 6.58 Å². The summed E-state index contributed by atoms with van der Waals surface area (Å²) in [5.41, 5.74) is 1.51. The molecule has 0 spiro atoms. The van der Waals surface area contributed by atoms with Gasteiger partial charge in [-0.05, 0) is 12.0 Å². The zero-order valence-corrected chi connectivity index (χ0v) is 11.6. The predicted molar refractivity (Wildman–Crippen MR) is 77.1 cm³/mol. The summed E-state index contributed by atoms with van der Waals surface area (Å²) in [4.78, 5) is 23.9. The summed E-state index contributed by atoms with van der Waals surface area (Å²) >= 11 is 0. The van der Waals surface area contributed by atoms with E-state index in [1.807, 2.05) is 12.1 Å². The minimum atomic E-state index is -1.31. The van der Waals surface area contributed by atoms with Gasteiger partial charge in [0, 0.05) is 12.1 Å². The van der Waals surface area contributed by atoms with E-state index >= 15 is 0 Å². The fraction of sp³-hybridized carbons (Fsp3) is 0.312. The second kappa shape index (κ2) is 7.90. The Bertz CT molecular complexity index is 526. The SMILES string of the molecule is C=CCNC(=O)[C@@H](C#N)C(=O)c1ccc(CCC)cc1. The van der Waals surface area contributed by atoms with Crippen molar-refractivity contribution in [3.05, 3.63) is 48.0 Å². The van der Waals surface area contributed by atoms with Crippen LogP contribution in [0.15, 0.2) is 36.9 Å². The zero-order chi connectivity index (χ0) is 15.0. The van der Waals surface area contributed by atoms with Crippen LogP contribution in [-0.2, 0) is 11.2 Å². The average molecular weight is 270 g/mol. The van der Waals surface area contributed by atoms with E-state index in [1.165, 1.54) is 6.08 Å². The minimum Gasteiger partial charge on any atom is -0.351 e. The summed E-state index contributed by atoms with van der Waals surface area (Å²) in [6, 6.07) is 8.79. The van der Waals surface area contributed by atoms with Gasteiger partial charge in [-0.1, -0.05) is 43.7 Å². The number of carbonyl (C=O) groups is 2. The van der Waals surface area contributed by atoms with Crippen LogP contribution < -0.4 is 5.32 Å². The summed E-state index contributed by atoms with van der Waals surface area (Å²) in [6.07, 6.45) is 3.46. The molecule has 1 rings (SSSR count). The molecule has 1 amide bonds. The van der Waals surface area contributed by atoms with Gasteiger partial charge in [-0.2, -0.15) is 5.26 Å². The van der Waals surface area contributed by atoms with E-state index in [4.69, 9.17) is 5.26 Å². The van der Waals surface area contributed by atoms with Gasteiger partial charge in [-0.25, -0.2) is 0 Å². The molecule has 20 heavy (non-hydrogen) atoms. The summed E-state index contributed by atoms with van der Waals surface area (Å²) < 4.78 is 0. The lowest BCUT2D eigenvalue weighted by Gasteiger charge is -2.08. The number of rotatable bonds is 7. The maximum absolute atomic E-state index is 12.1. The monoisotopic (exact) mass is 270 g/mol. The molecule has 0 saturated carbocycles. The molecule has 0 saturated heterocycles. The predicted octanol–water partition coefficient (Wildman–Crippen LogP) is 2.26. The van der Waals surface area contributed by atoms with Crippen molar-refractivity contribution in [2.45, 2.75) is 19.8 Å². The lowest BCUT2D eigenvalue weighted by Crippen LogP contribution is -2.34. The summed E-state index contributed by atoms with van der Waals surface area (Å²) in [7, 11) is 0. The molecule has 4 heteroatoms. The van der Waals surface area contributed by atoms with Gasteiger partial charge in [0.1, 0.15) is 0 Å². The number of amides is 1. The molecule has 0 bridgehead atoms. The van der Waals surface area contributed by atoms with Crippen LogP contribution in [0.25, 0.3) is 0 Å². The van der Waals surface area contributed by atoms with Crippen molar-refractivity contribution in [2.24, 2.45) is 5.92 Å². The van der Waals surface area contributed by atoms with Crippen molar-refractivity contribution in [2.75, 3.05) is 6.54 Å². The molecule has 4 nitrogen and oxygen atoms in total. The highest BCUT2D eigenvalue weighted by atomic mass is 16.2. The highest BCUT2D eigenvalue weighted by Gasteiger charge is 2.26. The first kappa shape index (κ1) is 15.6. The fourth-order valence-corrected chi connectivity index (χ4v) is 1.80. The fourth-order valence-electron chi connectivity index (χ4n) is 1.80. The normalized spacial score (nSPS) is 11.2. The molecule has 0 aromatic heterocycles. The standard InChI is InChI=1S/C16H18N2O2/c1-3-5-12-6-8-13(9-7-12)15(19)14(11-17)16(20)18-10-4-2/h4,6-9,14H,2-3,5,10H2,1H3,(H,18,20)/t14-/m0/s1. The molecule has 0 radical (unpaired) electrons. The smallest absolute Gasteiger partial charge is 0.245 e. The lowest BCUT2D eigenvalue weighted by atomic mass is 9.96. The summed E-state index contributed by atoms with van der Waals surface area (Å²) in [5, 5.41) is 11.5. The number of benzene rings is 1. The topological polar surface area (TPSA) is 70.0 Å². The molecule has 0 heterocycles. The van der Waals surface area contributed by atoms with Crippen LogP contribution in [-0.4, -0.2) is 18.2 Å². The maximum atomic E-state index is 12.1. The number of hydrogen-bond acceptors (Lipinski definition) is 3. The maximum Gasteiger partial charge on any atom is 0.245 e. The van der Waals surface area contributed by atoms with Crippen molar-refractivity contribution >= 4 is 11.7 Å². The lowest BCUT2D eigenvalue weighted by molar-refractivity contribution is -0.121. The van der Waals surface area contributed by atoms with E-state index in [2.05, 4.69) is 18.8 Å². The molecule has 0 aliphatic heterocycles. The third kappa shape index (κ3) is 4.06. The zero-order valence-electron chi connectivity index (χ0n) is 11.6. The largest absolute Gasteiger partial charge is 0.351 e. The van der Waals surface area contributed by atoms with Crippen LogP contribution in [0.5, 0.6) is 0 Å². The number of hydrogen-bond donors (Lipinski definition) is 1. The third-order valence-electron chi connectivity index (χ3n) is 2.85. The van der Waals surface area contributed by atoms with E-state index in [0.29, 0.717) is 5.56 Å². The van der Waals surface area contributed by atoms with E-state index < -0.39 is 17.6 Å². The molecule has 1 aromatic rings. The van der Waals surface area contributed by atoms with Crippen molar-refractivity contribution in [1.82, 2.24) is 5.32 Å². The number of nitrogens with one attached hydrogen (secondary N) is 1. The van der Waals surface area contributed by atoms with E-state index in [9.17, 15) is 9.59 Å². The van der Waals surface area contributed by atoms with Gasteiger partial charge in [0.05, 0.1) is 6.07 Å². The number of carbonyl (C=O) groups excluding carboxylic acids is 2. The highest BCUT2D eigenvalue weighted by Crippen LogP contribution is 2.12. The molecule has 0 unspecified atom stereocenters. The number of nitriles is 1. The Kier molecular flexibility index (Phi) is 6.18. The molecule has 1 aromatic carbocycles. The van der Waals surface area contributed by atoms with Gasteiger partial charge >= 0.3 is 0 Å². The van der Waals surface area contributed by atoms with Gasteiger partial charge in [0.2, 0.25) is 5.91 Å². The molecule has 104 valence electrons. The first-order valence-electron chi connectivity index (χ1n) is 6.55. The second-order valence-corrected chi connectivity index (χ2v) is 4.41. The van der Waals surface area contributed by atoms with Crippen LogP contribution in [0.4, 0.5) is 0 Å². The van der Waals surface area contributed by atoms with Crippen LogP contribution >= 0.6 is 0 Å². The molecule has 1 atom stereocenters. The quantitative estimate of drug-likeness (QED) is 0.469. The van der Waals surface area contributed by atoms with Crippen molar-refractivity contribution in [1.29, 1.82) is 5.26 Å². The molecular formula is C16H18N2O2. The van der Waals surface area contributed by atoms with Crippen molar-refractivity contribution in [3.63, 3.8) is 0 Å². The van der Waals surface area contributed by atoms with E-state index in [-0.39, 0.29) is 6.54 Å². The Morgan fingerprint density at radius 3 is 2.55 bits per heavy atom. The Morgan fingerprint density at radius 2 is 2.05 bits per heavy atom. The second-order valence-electron chi connectivity index (χ2n) is 4.41. The number of aryl methyl sites for hydroxylation is 1. The van der Waals surface area contributed by atoms with Crippen LogP contribution in [0.3, 0.4) is 0 Å². The van der Waals surface area contributed by atoms with Gasteiger partial charge < -0.3 is 5.32 Å². The molecule has 0 aliphatic carbocycles. The molecule has 0 fully saturated rings. The Balaban J connectivity index is 2.83. The molecule has 0 aliphatic rings. The summed E-state index contributed by atoms with van der Waals surface area (Å²) in [6.45, 7) is 5.78. The minimum absolute atomic E-state index is 0.236. The Labute approximate surface area is 119 Å². The molecule has 1 N–H and O–H groups in total. The average Bonchev–Trinajstić information content (AvgIpc) is 2.46. The number of ketones is 1. The van der Waals surface area contributed by atoms with Gasteiger partial charge in [0.15, 0.2) is 11.7 Å². The van der Waals surface area contributed by atoms with E-state index in [1.54, 1.807) is 18.2 Å². The van der Waals surface area contributed by atoms with Crippen LogP contribution in [0.2, 0.25) is 0 Å². The highest BCUT2D eigenvalue weighted by molar-refractivity contribution is 6.12. The Morgan fingerprint density at radius 1 is 1.40 bits per heavy atom. The molecular weight excluding hydrogens is 252 g/mol. The Hall–Kier alpha value is -2.41. The van der Waals surface area contributed by atoms with Crippen molar-refractivity contribution in [3.8, 4) is 6.07 Å².